The zero-order valence-electron chi connectivity index (χ0n) is 16.1. The second-order valence-electron chi connectivity index (χ2n) is 7.08. The van der Waals surface area contributed by atoms with Crippen molar-refractivity contribution in [2.45, 2.75) is 33.4 Å². The lowest BCUT2D eigenvalue weighted by Gasteiger charge is -2.25. The molecule has 0 aliphatic carbocycles. The van der Waals surface area contributed by atoms with E-state index >= 15 is 0 Å². The lowest BCUT2D eigenvalue weighted by atomic mass is 10.1. The van der Waals surface area contributed by atoms with Crippen molar-refractivity contribution in [2.75, 3.05) is 13.2 Å². The average Bonchev–Trinajstić information content (AvgIpc) is 3.06. The van der Waals surface area contributed by atoms with Crippen LogP contribution in [0.2, 0.25) is 0 Å². The molecular weight excluding hydrogens is 341 g/mol. The summed E-state index contributed by atoms with van der Waals surface area (Å²) in [6.45, 7) is 7.64. The van der Waals surface area contributed by atoms with Crippen LogP contribution >= 0.6 is 0 Å². The summed E-state index contributed by atoms with van der Waals surface area (Å²) < 4.78 is 15.2. The molecule has 0 aliphatic heterocycles. The summed E-state index contributed by atoms with van der Waals surface area (Å²) in [7, 11) is 0. The molecule has 142 valence electrons. The summed E-state index contributed by atoms with van der Waals surface area (Å²) in [4.78, 5) is 2.20. The molecule has 0 fully saturated rings. The monoisotopic (exact) mass is 367 g/mol. The minimum atomic E-state index is -0.262. The first kappa shape index (κ1) is 19.3. The lowest BCUT2D eigenvalue weighted by Crippen LogP contribution is -2.32. The summed E-state index contributed by atoms with van der Waals surface area (Å²) in [5.41, 5.74) is 4.93. The van der Waals surface area contributed by atoms with Gasteiger partial charge in [-0.3, -0.25) is 4.90 Å². The molecule has 0 aliphatic rings. The van der Waals surface area contributed by atoms with Crippen LogP contribution in [0.25, 0.3) is 16.9 Å². The maximum absolute atomic E-state index is 13.4. The predicted octanol–water partition coefficient (Wildman–Crippen LogP) is 4.19. The van der Waals surface area contributed by atoms with Gasteiger partial charge in [-0.15, -0.1) is 0 Å². The number of hydrogen-bond acceptors (Lipinski definition) is 3. The molecule has 0 atom stereocenters. The van der Waals surface area contributed by atoms with Gasteiger partial charge in [0, 0.05) is 36.5 Å². The molecule has 0 saturated heterocycles. The molecule has 27 heavy (non-hydrogen) atoms. The zero-order valence-corrected chi connectivity index (χ0v) is 16.1. The van der Waals surface area contributed by atoms with Gasteiger partial charge in [-0.25, -0.2) is 9.07 Å². The van der Waals surface area contributed by atoms with Gasteiger partial charge in [0.2, 0.25) is 0 Å². The van der Waals surface area contributed by atoms with E-state index in [0.29, 0.717) is 19.1 Å². The van der Waals surface area contributed by atoms with E-state index in [1.165, 1.54) is 17.7 Å². The number of aryl methyl sites for hydroxylation is 1. The predicted molar refractivity (Wildman–Crippen MR) is 106 cm³/mol. The fourth-order valence-electron chi connectivity index (χ4n) is 3.07. The third-order valence-corrected chi connectivity index (χ3v) is 4.70. The number of aromatic nitrogens is 2. The number of nitrogens with zero attached hydrogens (tertiary/aromatic N) is 3. The van der Waals surface area contributed by atoms with E-state index in [-0.39, 0.29) is 12.4 Å². The number of benzene rings is 2. The van der Waals surface area contributed by atoms with E-state index in [0.717, 1.165) is 22.5 Å². The third kappa shape index (κ3) is 4.62. The smallest absolute Gasteiger partial charge is 0.123 e. The fourth-order valence-corrected chi connectivity index (χ4v) is 3.07. The Balaban J connectivity index is 2.03. The van der Waals surface area contributed by atoms with E-state index in [1.54, 1.807) is 12.1 Å². The lowest BCUT2D eigenvalue weighted by molar-refractivity contribution is 0.159. The first-order chi connectivity index (χ1) is 13.0. The van der Waals surface area contributed by atoms with E-state index < -0.39 is 0 Å². The van der Waals surface area contributed by atoms with Crippen molar-refractivity contribution in [3.8, 4) is 16.9 Å². The molecule has 0 amide bonds. The highest BCUT2D eigenvalue weighted by atomic mass is 19.1. The maximum Gasteiger partial charge on any atom is 0.123 e. The summed E-state index contributed by atoms with van der Waals surface area (Å²) in [5.74, 6) is -0.262. The molecule has 0 bridgehead atoms. The number of hydrogen-bond donors (Lipinski definition) is 1. The van der Waals surface area contributed by atoms with Crippen molar-refractivity contribution >= 4 is 0 Å². The van der Waals surface area contributed by atoms with Crippen molar-refractivity contribution in [1.29, 1.82) is 0 Å². The van der Waals surface area contributed by atoms with Crippen LogP contribution in [0.3, 0.4) is 0 Å². The highest BCUT2D eigenvalue weighted by Crippen LogP contribution is 2.26. The van der Waals surface area contributed by atoms with Crippen molar-refractivity contribution in [1.82, 2.24) is 14.7 Å². The van der Waals surface area contributed by atoms with Crippen molar-refractivity contribution in [3.63, 3.8) is 0 Å². The largest absolute Gasteiger partial charge is 0.395 e. The molecule has 0 saturated carbocycles. The zero-order chi connectivity index (χ0) is 19.4. The van der Waals surface area contributed by atoms with E-state index in [1.807, 2.05) is 23.0 Å². The standard InChI is InChI=1S/C22H26FN3O/c1-16(2)25(12-13-27)14-19-15-26(21-10-4-17(3)5-11-21)24-22(19)18-6-8-20(23)9-7-18/h4-11,15-16,27H,12-14H2,1-3H3. The summed E-state index contributed by atoms with van der Waals surface area (Å²) in [6.07, 6.45) is 2.02. The summed E-state index contributed by atoms with van der Waals surface area (Å²) >= 11 is 0. The molecule has 3 rings (SSSR count). The summed E-state index contributed by atoms with van der Waals surface area (Å²) in [6, 6.07) is 14.9. The van der Waals surface area contributed by atoms with Gasteiger partial charge in [0.15, 0.2) is 0 Å². The van der Waals surface area contributed by atoms with Crippen LogP contribution in [-0.2, 0) is 6.54 Å². The van der Waals surface area contributed by atoms with Crippen LogP contribution in [0.5, 0.6) is 0 Å². The van der Waals surface area contributed by atoms with Crippen LogP contribution in [0, 0.1) is 12.7 Å². The molecule has 1 heterocycles. The molecule has 3 aromatic rings. The average molecular weight is 367 g/mol. The molecule has 5 heteroatoms. The molecule has 1 aromatic heterocycles. The molecule has 0 radical (unpaired) electrons. The van der Waals surface area contributed by atoms with E-state index in [9.17, 15) is 9.50 Å². The Morgan fingerprint density at radius 3 is 2.33 bits per heavy atom. The van der Waals surface area contributed by atoms with Gasteiger partial charge in [-0.05, 0) is 57.2 Å². The van der Waals surface area contributed by atoms with Crippen LogP contribution in [0.4, 0.5) is 4.39 Å². The fraction of sp³-hybridized carbons (Fsp3) is 0.318. The summed E-state index contributed by atoms with van der Waals surface area (Å²) in [5, 5.41) is 14.2. The van der Waals surface area contributed by atoms with Crippen molar-refractivity contribution in [3.05, 3.63) is 71.7 Å². The second-order valence-corrected chi connectivity index (χ2v) is 7.08. The Hall–Kier alpha value is -2.50. The van der Waals surface area contributed by atoms with Gasteiger partial charge in [-0.2, -0.15) is 5.10 Å². The number of rotatable bonds is 7. The number of halogens is 1. The van der Waals surface area contributed by atoms with Gasteiger partial charge in [0.25, 0.3) is 0 Å². The minimum Gasteiger partial charge on any atom is -0.395 e. The topological polar surface area (TPSA) is 41.3 Å². The first-order valence-electron chi connectivity index (χ1n) is 9.24. The number of aliphatic hydroxyl groups excluding tert-OH is 1. The highest BCUT2D eigenvalue weighted by Gasteiger charge is 2.17. The third-order valence-electron chi connectivity index (χ3n) is 4.70. The Morgan fingerprint density at radius 1 is 1.07 bits per heavy atom. The first-order valence-corrected chi connectivity index (χ1v) is 9.24. The van der Waals surface area contributed by atoms with Gasteiger partial charge in [0.1, 0.15) is 5.82 Å². The molecule has 0 spiro atoms. The normalized spacial score (nSPS) is 11.5. The van der Waals surface area contributed by atoms with Gasteiger partial charge < -0.3 is 5.11 Å². The SMILES string of the molecule is Cc1ccc(-n2cc(CN(CCO)C(C)C)c(-c3ccc(F)cc3)n2)cc1. The van der Waals surface area contributed by atoms with Crippen LogP contribution in [0.1, 0.15) is 25.0 Å². The van der Waals surface area contributed by atoms with Crippen molar-refractivity contribution in [2.24, 2.45) is 0 Å². The van der Waals surface area contributed by atoms with Gasteiger partial charge >= 0.3 is 0 Å². The Labute approximate surface area is 159 Å². The van der Waals surface area contributed by atoms with Crippen LogP contribution in [-0.4, -0.2) is 39.0 Å². The van der Waals surface area contributed by atoms with Gasteiger partial charge in [0.05, 0.1) is 18.0 Å². The quantitative estimate of drug-likeness (QED) is 0.681. The Kier molecular flexibility index (Phi) is 6.04. The second kappa shape index (κ2) is 8.46. The molecule has 1 N–H and O–H groups in total. The number of aliphatic hydroxyl groups is 1. The van der Waals surface area contributed by atoms with E-state index in [4.69, 9.17) is 5.10 Å². The highest BCUT2D eigenvalue weighted by molar-refractivity contribution is 5.63. The Bertz CT molecular complexity index is 870. The van der Waals surface area contributed by atoms with Crippen LogP contribution in [0.15, 0.2) is 54.7 Å². The Morgan fingerprint density at radius 2 is 1.74 bits per heavy atom. The molecule has 0 unspecified atom stereocenters. The van der Waals surface area contributed by atoms with E-state index in [2.05, 4.69) is 37.8 Å². The maximum atomic E-state index is 13.4. The van der Waals surface area contributed by atoms with Crippen LogP contribution < -0.4 is 0 Å². The minimum absolute atomic E-state index is 0.107. The molecule has 2 aromatic carbocycles. The molecular formula is C22H26FN3O. The molecule has 4 nitrogen and oxygen atoms in total. The van der Waals surface area contributed by atoms with Crippen molar-refractivity contribution < 1.29 is 9.50 Å². The van der Waals surface area contributed by atoms with Gasteiger partial charge in [-0.1, -0.05) is 17.7 Å².